The first-order valence-corrected chi connectivity index (χ1v) is 9.27. The lowest BCUT2D eigenvalue weighted by molar-refractivity contribution is 0.179. The molecule has 0 aliphatic carbocycles. The van der Waals surface area contributed by atoms with E-state index < -0.39 is 0 Å². The summed E-state index contributed by atoms with van der Waals surface area (Å²) in [5, 5.41) is 12.6. The van der Waals surface area contributed by atoms with Crippen LogP contribution in [0.5, 0.6) is 5.75 Å². The molecule has 2 aromatic carbocycles. The molecule has 2 aromatic rings. The number of aliphatic hydroxyl groups excluding tert-OH is 1. The molecule has 0 unspecified atom stereocenters. The summed E-state index contributed by atoms with van der Waals surface area (Å²) < 4.78 is 19.5. The number of nitrogens with one attached hydrogen (secondary N) is 1. The highest BCUT2D eigenvalue weighted by molar-refractivity contribution is 5.33. The lowest BCUT2D eigenvalue weighted by atomic mass is 10.0. The highest BCUT2D eigenvalue weighted by Gasteiger charge is 2.20. The zero-order valence-corrected chi connectivity index (χ0v) is 15.0. The number of para-hydroxylation sites is 1. The van der Waals surface area contributed by atoms with Crippen molar-refractivity contribution < 1.29 is 14.2 Å². The second-order valence-corrected chi connectivity index (χ2v) is 6.73. The standard InChI is InChI=1S/C21H27FN2O2/c22-20-9-3-1-7-18(20)15-24-11-5-8-19(16-24)23-14-17-6-2-4-10-21(17)26-13-12-25/h1-4,6-7,9-10,19,23,25H,5,8,11-16H2/t19-/m1/s1. The average Bonchev–Trinajstić information content (AvgIpc) is 2.67. The maximum atomic E-state index is 13.9. The third-order valence-electron chi connectivity index (χ3n) is 4.76. The first-order valence-electron chi connectivity index (χ1n) is 9.27. The number of rotatable bonds is 8. The second kappa shape index (κ2) is 9.67. The Morgan fingerprint density at radius 1 is 1.12 bits per heavy atom. The number of nitrogens with zero attached hydrogens (tertiary/aromatic N) is 1. The van der Waals surface area contributed by atoms with Crippen molar-refractivity contribution in [2.75, 3.05) is 26.3 Å². The molecule has 140 valence electrons. The first kappa shape index (κ1) is 18.8. The Morgan fingerprint density at radius 3 is 2.69 bits per heavy atom. The molecule has 0 bridgehead atoms. The number of likely N-dealkylation sites (tertiary alicyclic amines) is 1. The van der Waals surface area contributed by atoms with Crippen molar-refractivity contribution in [2.45, 2.75) is 32.0 Å². The van der Waals surface area contributed by atoms with Crippen LogP contribution in [-0.4, -0.2) is 42.4 Å². The molecular formula is C21H27FN2O2. The molecule has 1 heterocycles. The van der Waals surface area contributed by atoms with Gasteiger partial charge in [-0.3, -0.25) is 4.90 Å². The molecule has 26 heavy (non-hydrogen) atoms. The van der Waals surface area contributed by atoms with Crippen molar-refractivity contribution in [2.24, 2.45) is 0 Å². The Labute approximate surface area is 154 Å². The molecule has 3 rings (SSSR count). The SMILES string of the molecule is OCCOc1ccccc1CN[C@@H]1CCCN(Cc2ccccc2F)C1. The van der Waals surface area contributed by atoms with Crippen LogP contribution in [0.15, 0.2) is 48.5 Å². The average molecular weight is 358 g/mol. The molecule has 0 aromatic heterocycles. The third-order valence-corrected chi connectivity index (χ3v) is 4.76. The zero-order valence-electron chi connectivity index (χ0n) is 15.0. The third kappa shape index (κ3) is 5.27. The largest absolute Gasteiger partial charge is 0.491 e. The second-order valence-electron chi connectivity index (χ2n) is 6.73. The predicted molar refractivity (Wildman–Crippen MR) is 101 cm³/mol. The van der Waals surface area contributed by atoms with Gasteiger partial charge in [-0.25, -0.2) is 4.39 Å². The van der Waals surface area contributed by atoms with E-state index in [9.17, 15) is 4.39 Å². The van der Waals surface area contributed by atoms with Gasteiger partial charge in [0.25, 0.3) is 0 Å². The normalized spacial score (nSPS) is 18.0. The van der Waals surface area contributed by atoms with Crippen molar-refractivity contribution in [1.29, 1.82) is 0 Å². The van der Waals surface area contributed by atoms with E-state index in [0.717, 1.165) is 49.4 Å². The van der Waals surface area contributed by atoms with E-state index in [1.165, 1.54) is 6.07 Å². The molecule has 0 amide bonds. The first-order chi connectivity index (χ1) is 12.8. The van der Waals surface area contributed by atoms with Gasteiger partial charge in [0.05, 0.1) is 6.61 Å². The van der Waals surface area contributed by atoms with Crippen LogP contribution in [0.2, 0.25) is 0 Å². The Hall–Kier alpha value is -1.95. The van der Waals surface area contributed by atoms with Crippen LogP contribution in [0, 0.1) is 5.82 Å². The number of aliphatic hydroxyl groups is 1. The minimum atomic E-state index is -0.127. The lowest BCUT2D eigenvalue weighted by Crippen LogP contribution is -2.45. The Balaban J connectivity index is 1.53. The summed E-state index contributed by atoms with van der Waals surface area (Å²) in [4.78, 5) is 2.31. The smallest absolute Gasteiger partial charge is 0.127 e. The summed E-state index contributed by atoms with van der Waals surface area (Å²) in [6, 6.07) is 15.3. The minimum absolute atomic E-state index is 0.00932. The fourth-order valence-corrected chi connectivity index (χ4v) is 3.43. The van der Waals surface area contributed by atoms with E-state index in [2.05, 4.69) is 10.2 Å². The predicted octanol–water partition coefficient (Wildman–Crippen LogP) is 2.95. The van der Waals surface area contributed by atoms with Crippen molar-refractivity contribution in [3.63, 3.8) is 0 Å². The summed E-state index contributed by atoms with van der Waals surface area (Å²) >= 11 is 0. The van der Waals surface area contributed by atoms with E-state index in [-0.39, 0.29) is 12.4 Å². The molecule has 1 saturated heterocycles. The highest BCUT2D eigenvalue weighted by Crippen LogP contribution is 2.20. The summed E-state index contributed by atoms with van der Waals surface area (Å²) in [6.07, 6.45) is 2.22. The molecule has 0 saturated carbocycles. The number of halogens is 1. The fourth-order valence-electron chi connectivity index (χ4n) is 3.43. The Kier molecular flexibility index (Phi) is 7.00. The number of hydrogen-bond donors (Lipinski definition) is 2. The van der Waals surface area contributed by atoms with Crippen LogP contribution >= 0.6 is 0 Å². The molecule has 5 heteroatoms. The van der Waals surface area contributed by atoms with Crippen molar-refractivity contribution in [1.82, 2.24) is 10.2 Å². The highest BCUT2D eigenvalue weighted by atomic mass is 19.1. The summed E-state index contributed by atoms with van der Waals surface area (Å²) in [5.74, 6) is 0.686. The van der Waals surface area contributed by atoms with Crippen molar-refractivity contribution in [3.05, 3.63) is 65.5 Å². The van der Waals surface area contributed by atoms with Crippen LogP contribution in [0.3, 0.4) is 0 Å². The Bertz CT molecular complexity index is 695. The van der Waals surface area contributed by atoms with Gasteiger partial charge in [0.15, 0.2) is 0 Å². The van der Waals surface area contributed by atoms with E-state index in [4.69, 9.17) is 9.84 Å². The molecular weight excluding hydrogens is 331 g/mol. The summed E-state index contributed by atoms with van der Waals surface area (Å²) in [6.45, 7) is 3.60. The van der Waals surface area contributed by atoms with Gasteiger partial charge in [-0.15, -0.1) is 0 Å². The topological polar surface area (TPSA) is 44.7 Å². The minimum Gasteiger partial charge on any atom is -0.491 e. The summed E-state index contributed by atoms with van der Waals surface area (Å²) in [5.41, 5.74) is 1.85. The molecule has 1 fully saturated rings. The van der Waals surface area contributed by atoms with Crippen molar-refractivity contribution in [3.8, 4) is 5.75 Å². The van der Waals surface area contributed by atoms with E-state index in [1.54, 1.807) is 6.07 Å². The quantitative estimate of drug-likeness (QED) is 0.762. The number of ether oxygens (including phenoxy) is 1. The van der Waals surface area contributed by atoms with Crippen LogP contribution in [0.25, 0.3) is 0 Å². The molecule has 1 aliphatic heterocycles. The van der Waals surface area contributed by atoms with Gasteiger partial charge >= 0.3 is 0 Å². The fraction of sp³-hybridized carbons (Fsp3) is 0.429. The monoisotopic (exact) mass is 358 g/mol. The molecule has 0 spiro atoms. The van der Waals surface area contributed by atoms with E-state index in [1.807, 2.05) is 36.4 Å². The Morgan fingerprint density at radius 2 is 1.88 bits per heavy atom. The zero-order chi connectivity index (χ0) is 18.2. The van der Waals surface area contributed by atoms with Gasteiger partial charge in [0.1, 0.15) is 18.2 Å². The van der Waals surface area contributed by atoms with Gasteiger partial charge in [-0.2, -0.15) is 0 Å². The molecule has 0 radical (unpaired) electrons. The number of piperidine rings is 1. The van der Waals surface area contributed by atoms with Gasteiger partial charge in [-0.1, -0.05) is 36.4 Å². The van der Waals surface area contributed by atoms with Gasteiger partial charge in [-0.05, 0) is 31.5 Å². The molecule has 1 atom stereocenters. The summed E-state index contributed by atoms with van der Waals surface area (Å²) in [7, 11) is 0. The number of benzene rings is 2. The van der Waals surface area contributed by atoms with Gasteiger partial charge in [0, 0.05) is 36.8 Å². The van der Waals surface area contributed by atoms with Gasteiger partial charge in [0.2, 0.25) is 0 Å². The van der Waals surface area contributed by atoms with Crippen LogP contribution in [0.4, 0.5) is 4.39 Å². The molecule has 1 aliphatic rings. The van der Waals surface area contributed by atoms with Gasteiger partial charge < -0.3 is 15.2 Å². The number of hydrogen-bond acceptors (Lipinski definition) is 4. The maximum absolute atomic E-state index is 13.9. The molecule has 2 N–H and O–H groups in total. The van der Waals surface area contributed by atoms with Crippen LogP contribution in [0.1, 0.15) is 24.0 Å². The van der Waals surface area contributed by atoms with E-state index in [0.29, 0.717) is 19.2 Å². The lowest BCUT2D eigenvalue weighted by Gasteiger charge is -2.33. The van der Waals surface area contributed by atoms with Crippen LogP contribution in [-0.2, 0) is 13.1 Å². The maximum Gasteiger partial charge on any atom is 0.127 e. The van der Waals surface area contributed by atoms with Crippen molar-refractivity contribution >= 4 is 0 Å². The van der Waals surface area contributed by atoms with E-state index >= 15 is 0 Å². The van der Waals surface area contributed by atoms with Crippen LogP contribution < -0.4 is 10.1 Å². The molecule has 4 nitrogen and oxygen atoms in total.